The molecule has 0 fully saturated rings. The molecule has 0 saturated carbocycles. The van der Waals surface area contributed by atoms with E-state index >= 15 is 0 Å². The molecule has 0 spiro atoms. The summed E-state index contributed by atoms with van der Waals surface area (Å²) in [6, 6.07) is 0. The van der Waals surface area contributed by atoms with Crippen molar-refractivity contribution in [2.75, 3.05) is 33.4 Å². The molecule has 0 saturated heterocycles. The summed E-state index contributed by atoms with van der Waals surface area (Å²) in [4.78, 5) is 2.47. The van der Waals surface area contributed by atoms with Gasteiger partial charge in [-0.05, 0) is 31.7 Å². The number of hydrogen-bond acceptors (Lipinski definition) is 2. The number of ether oxygens (including phenoxy) is 1. The van der Waals surface area contributed by atoms with E-state index in [4.69, 9.17) is 4.74 Å². The van der Waals surface area contributed by atoms with Crippen molar-refractivity contribution in [2.45, 2.75) is 33.1 Å². The molecule has 0 N–H and O–H groups in total. The second-order valence-electron chi connectivity index (χ2n) is 4.95. The monoisotopic (exact) mass is 237 g/mol. The van der Waals surface area contributed by atoms with Gasteiger partial charge in [-0.25, -0.2) is 0 Å². The first kappa shape index (κ1) is 14.5. The van der Waals surface area contributed by atoms with Gasteiger partial charge in [-0.2, -0.15) is 0 Å². The van der Waals surface area contributed by atoms with Crippen LogP contribution < -0.4 is 0 Å². The van der Waals surface area contributed by atoms with Gasteiger partial charge < -0.3 is 9.64 Å². The van der Waals surface area contributed by atoms with Crippen LogP contribution in [0.3, 0.4) is 0 Å². The highest BCUT2D eigenvalue weighted by Crippen LogP contribution is 2.18. The first-order chi connectivity index (χ1) is 8.26. The van der Waals surface area contributed by atoms with Crippen molar-refractivity contribution >= 4 is 0 Å². The van der Waals surface area contributed by atoms with Crippen LogP contribution in [-0.2, 0) is 4.74 Å². The highest BCUT2D eigenvalue weighted by Gasteiger charge is 2.10. The highest BCUT2D eigenvalue weighted by atomic mass is 16.5. The number of likely N-dealkylation sites (N-methyl/N-ethyl adjacent to an activating group) is 1. The maximum absolute atomic E-state index is 5.14. The third-order valence-electron chi connectivity index (χ3n) is 3.28. The molecule has 0 aromatic heterocycles. The minimum Gasteiger partial charge on any atom is -0.383 e. The Labute approximate surface area is 106 Å². The fraction of sp³-hybridized carbons (Fsp3) is 0.733. The number of methoxy groups -OCH3 is 1. The molecule has 98 valence electrons. The molecule has 0 aromatic carbocycles. The molecule has 17 heavy (non-hydrogen) atoms. The lowest BCUT2D eigenvalue weighted by atomic mass is 9.96. The molecule has 0 aliphatic heterocycles. The number of allylic oxidation sites excluding steroid dienone is 4. The van der Waals surface area contributed by atoms with E-state index in [2.05, 4.69) is 37.0 Å². The van der Waals surface area contributed by atoms with E-state index in [1.165, 1.54) is 31.4 Å². The van der Waals surface area contributed by atoms with Gasteiger partial charge in [-0.1, -0.05) is 37.6 Å². The molecule has 2 nitrogen and oxygen atoms in total. The molecule has 1 unspecified atom stereocenters. The Morgan fingerprint density at radius 3 is 2.82 bits per heavy atom. The van der Waals surface area contributed by atoms with Gasteiger partial charge in [-0.3, -0.25) is 0 Å². The van der Waals surface area contributed by atoms with Crippen molar-refractivity contribution in [1.82, 2.24) is 4.90 Å². The lowest BCUT2D eigenvalue weighted by molar-refractivity contribution is 0.142. The lowest BCUT2D eigenvalue weighted by Gasteiger charge is -2.24. The Balaban J connectivity index is 2.28. The largest absolute Gasteiger partial charge is 0.383 e. The molecule has 2 heteroatoms. The van der Waals surface area contributed by atoms with Gasteiger partial charge in [0.2, 0.25) is 0 Å². The van der Waals surface area contributed by atoms with Crippen LogP contribution in [-0.4, -0.2) is 38.3 Å². The summed E-state index contributed by atoms with van der Waals surface area (Å²) < 4.78 is 5.14. The zero-order valence-electron chi connectivity index (χ0n) is 11.6. The van der Waals surface area contributed by atoms with Crippen molar-refractivity contribution in [2.24, 2.45) is 5.92 Å². The SMILES string of the molecule is CCN(CCOC)CC(C)CC1=CCCC=C1. The molecule has 1 atom stereocenters. The molecule has 1 rings (SSSR count). The van der Waals surface area contributed by atoms with Gasteiger partial charge >= 0.3 is 0 Å². The van der Waals surface area contributed by atoms with Gasteiger partial charge in [0, 0.05) is 20.2 Å². The van der Waals surface area contributed by atoms with E-state index in [1.807, 2.05) is 0 Å². The summed E-state index contributed by atoms with van der Waals surface area (Å²) in [7, 11) is 1.77. The molecule has 0 amide bonds. The van der Waals surface area contributed by atoms with Crippen LogP contribution in [0.1, 0.15) is 33.1 Å². The normalized spacial score (nSPS) is 17.3. The summed E-state index contributed by atoms with van der Waals surface area (Å²) >= 11 is 0. The number of hydrogen-bond donors (Lipinski definition) is 0. The maximum Gasteiger partial charge on any atom is 0.0589 e. The van der Waals surface area contributed by atoms with Crippen LogP contribution in [0.25, 0.3) is 0 Å². The van der Waals surface area contributed by atoms with Crippen LogP contribution in [0, 0.1) is 5.92 Å². The van der Waals surface area contributed by atoms with Crippen LogP contribution in [0.2, 0.25) is 0 Å². The van der Waals surface area contributed by atoms with E-state index in [0.29, 0.717) is 0 Å². The third kappa shape index (κ3) is 6.04. The second-order valence-corrected chi connectivity index (χ2v) is 4.95. The lowest BCUT2D eigenvalue weighted by Crippen LogP contribution is -2.31. The van der Waals surface area contributed by atoms with Crippen LogP contribution in [0.15, 0.2) is 23.8 Å². The average molecular weight is 237 g/mol. The van der Waals surface area contributed by atoms with Crippen LogP contribution in [0.4, 0.5) is 0 Å². The summed E-state index contributed by atoms with van der Waals surface area (Å²) in [6.45, 7) is 8.74. The van der Waals surface area contributed by atoms with Gasteiger partial charge in [-0.15, -0.1) is 0 Å². The predicted molar refractivity (Wildman–Crippen MR) is 74.2 cm³/mol. The molecular weight excluding hydrogens is 210 g/mol. The van der Waals surface area contributed by atoms with Gasteiger partial charge in [0.15, 0.2) is 0 Å². The average Bonchev–Trinajstić information content (AvgIpc) is 2.35. The highest BCUT2D eigenvalue weighted by molar-refractivity contribution is 5.22. The summed E-state index contributed by atoms with van der Waals surface area (Å²) in [5.41, 5.74) is 1.52. The quantitative estimate of drug-likeness (QED) is 0.642. The van der Waals surface area contributed by atoms with E-state index < -0.39 is 0 Å². The fourth-order valence-corrected chi connectivity index (χ4v) is 2.33. The zero-order valence-corrected chi connectivity index (χ0v) is 11.6. The van der Waals surface area contributed by atoms with E-state index in [0.717, 1.165) is 25.6 Å². The molecule has 0 heterocycles. The molecule has 0 bridgehead atoms. The van der Waals surface area contributed by atoms with E-state index in [1.54, 1.807) is 7.11 Å². The van der Waals surface area contributed by atoms with E-state index in [-0.39, 0.29) is 0 Å². The van der Waals surface area contributed by atoms with Crippen LogP contribution in [0.5, 0.6) is 0 Å². The molecule has 0 radical (unpaired) electrons. The van der Waals surface area contributed by atoms with Crippen molar-refractivity contribution in [3.8, 4) is 0 Å². The van der Waals surface area contributed by atoms with E-state index in [9.17, 15) is 0 Å². The fourth-order valence-electron chi connectivity index (χ4n) is 2.33. The van der Waals surface area contributed by atoms with Gasteiger partial charge in [0.1, 0.15) is 0 Å². The van der Waals surface area contributed by atoms with Crippen molar-refractivity contribution in [3.63, 3.8) is 0 Å². The Kier molecular flexibility index (Phi) is 7.22. The van der Waals surface area contributed by atoms with Crippen molar-refractivity contribution in [1.29, 1.82) is 0 Å². The summed E-state index contributed by atoms with van der Waals surface area (Å²) in [6.07, 6.45) is 10.6. The number of rotatable bonds is 8. The molecule has 1 aliphatic rings. The molecule has 0 aromatic rings. The summed E-state index contributed by atoms with van der Waals surface area (Å²) in [5.74, 6) is 0.723. The minimum atomic E-state index is 0.723. The third-order valence-corrected chi connectivity index (χ3v) is 3.28. The Morgan fingerprint density at radius 2 is 2.24 bits per heavy atom. The standard InChI is InChI=1S/C15H27NO/c1-4-16(10-11-17-3)13-14(2)12-15-8-6-5-7-9-15/h6,8-9,14H,4-5,7,10-13H2,1-3H3. The van der Waals surface area contributed by atoms with Crippen LogP contribution >= 0.6 is 0 Å². The Hall–Kier alpha value is -0.600. The first-order valence-corrected chi connectivity index (χ1v) is 6.83. The molecular formula is C15H27NO. The summed E-state index contributed by atoms with van der Waals surface area (Å²) in [5, 5.41) is 0. The maximum atomic E-state index is 5.14. The smallest absolute Gasteiger partial charge is 0.0589 e. The number of nitrogens with zero attached hydrogens (tertiary/aromatic N) is 1. The predicted octanol–water partition coefficient (Wildman–Crippen LogP) is 3.26. The minimum absolute atomic E-state index is 0.723. The Bertz CT molecular complexity index is 258. The van der Waals surface area contributed by atoms with Gasteiger partial charge in [0.25, 0.3) is 0 Å². The van der Waals surface area contributed by atoms with Crippen molar-refractivity contribution < 1.29 is 4.74 Å². The second kappa shape index (κ2) is 8.48. The van der Waals surface area contributed by atoms with Gasteiger partial charge in [0.05, 0.1) is 6.61 Å². The first-order valence-electron chi connectivity index (χ1n) is 6.83. The Morgan fingerprint density at radius 1 is 1.41 bits per heavy atom. The topological polar surface area (TPSA) is 12.5 Å². The zero-order chi connectivity index (χ0) is 12.5. The van der Waals surface area contributed by atoms with Crippen molar-refractivity contribution in [3.05, 3.63) is 23.8 Å². The molecule has 1 aliphatic carbocycles.